The first-order valence-corrected chi connectivity index (χ1v) is 4.64. The molecule has 0 spiro atoms. The van der Waals surface area contributed by atoms with Crippen LogP contribution in [-0.4, -0.2) is 29.8 Å². The summed E-state index contributed by atoms with van der Waals surface area (Å²) in [6.07, 6.45) is 4.93. The van der Waals surface area contributed by atoms with E-state index in [-0.39, 0.29) is 6.61 Å². The largest absolute Gasteiger partial charge is 0.395 e. The van der Waals surface area contributed by atoms with Gasteiger partial charge >= 0.3 is 0 Å². The monoisotopic (exact) mass is 203 g/mol. The molecule has 1 N–H and O–H groups in total. The smallest absolute Gasteiger partial charge is 0.101 e. The molecule has 1 heterocycles. The van der Waals surface area contributed by atoms with Gasteiger partial charge in [-0.05, 0) is 6.07 Å². The van der Waals surface area contributed by atoms with E-state index >= 15 is 0 Å². The van der Waals surface area contributed by atoms with Crippen LogP contribution in [0.2, 0.25) is 0 Å². The molecule has 0 amide bonds. The first-order chi connectivity index (χ1) is 7.33. The maximum absolute atomic E-state index is 8.91. The molecule has 4 nitrogen and oxygen atoms in total. The van der Waals surface area contributed by atoms with E-state index in [1.54, 1.807) is 24.5 Å². The zero-order valence-electron chi connectivity index (χ0n) is 8.43. The number of nitrogens with zero attached hydrogens (tertiary/aromatic N) is 3. The van der Waals surface area contributed by atoms with Crippen LogP contribution < -0.4 is 4.90 Å². The van der Waals surface area contributed by atoms with Crippen LogP contribution in [0.5, 0.6) is 0 Å². The van der Waals surface area contributed by atoms with Gasteiger partial charge in [0.1, 0.15) is 6.07 Å². The third kappa shape index (κ3) is 2.79. The van der Waals surface area contributed by atoms with Crippen LogP contribution in [0.25, 0.3) is 0 Å². The topological polar surface area (TPSA) is 60.1 Å². The molecule has 4 heteroatoms. The Morgan fingerprint density at radius 2 is 2.47 bits per heavy atom. The lowest BCUT2D eigenvalue weighted by Gasteiger charge is -2.22. The summed E-state index contributed by atoms with van der Waals surface area (Å²) in [5, 5.41) is 17.8. The molecule has 0 aliphatic carbocycles. The second-order valence-electron chi connectivity index (χ2n) is 2.96. The standard InChI is InChI=1S/C11H13N3O/c1-2-5-14(6-7-15)11-9-13-4-3-10(11)8-12/h2-4,9,15H,1,5-7H2. The lowest BCUT2D eigenvalue weighted by atomic mass is 10.2. The van der Waals surface area contributed by atoms with E-state index in [0.717, 1.165) is 5.69 Å². The Morgan fingerprint density at radius 1 is 1.67 bits per heavy atom. The number of aliphatic hydroxyl groups is 1. The van der Waals surface area contributed by atoms with Crippen molar-refractivity contribution in [1.29, 1.82) is 5.26 Å². The molecule has 0 fully saturated rings. The van der Waals surface area contributed by atoms with Crippen LogP contribution >= 0.6 is 0 Å². The molecule has 0 aliphatic rings. The highest BCUT2D eigenvalue weighted by molar-refractivity contribution is 5.57. The molecule has 0 aromatic carbocycles. The van der Waals surface area contributed by atoms with E-state index in [9.17, 15) is 0 Å². The summed E-state index contributed by atoms with van der Waals surface area (Å²) in [5.74, 6) is 0. The van der Waals surface area contributed by atoms with Crippen molar-refractivity contribution in [3.05, 3.63) is 36.7 Å². The SMILES string of the molecule is C=CCN(CCO)c1cnccc1C#N. The average molecular weight is 203 g/mol. The van der Waals surface area contributed by atoms with Crippen molar-refractivity contribution in [3.63, 3.8) is 0 Å². The highest BCUT2D eigenvalue weighted by Crippen LogP contribution is 2.17. The van der Waals surface area contributed by atoms with E-state index in [2.05, 4.69) is 17.6 Å². The van der Waals surface area contributed by atoms with Crippen LogP contribution in [0.1, 0.15) is 5.56 Å². The zero-order valence-corrected chi connectivity index (χ0v) is 8.43. The molecule has 1 aromatic rings. The van der Waals surface area contributed by atoms with Gasteiger partial charge in [0.05, 0.1) is 24.1 Å². The quantitative estimate of drug-likeness (QED) is 0.723. The Hall–Kier alpha value is -1.86. The molecule has 0 radical (unpaired) electrons. The second kappa shape index (κ2) is 5.78. The molecule has 0 bridgehead atoms. The second-order valence-corrected chi connectivity index (χ2v) is 2.96. The Morgan fingerprint density at radius 3 is 3.07 bits per heavy atom. The third-order valence-electron chi connectivity index (χ3n) is 1.98. The number of hydrogen-bond acceptors (Lipinski definition) is 4. The van der Waals surface area contributed by atoms with E-state index in [1.807, 2.05) is 4.90 Å². The minimum Gasteiger partial charge on any atom is -0.395 e. The first kappa shape index (κ1) is 11.2. The lowest BCUT2D eigenvalue weighted by Crippen LogP contribution is -2.27. The van der Waals surface area contributed by atoms with Crippen LogP contribution in [0.3, 0.4) is 0 Å². The van der Waals surface area contributed by atoms with Gasteiger partial charge in [-0.1, -0.05) is 6.08 Å². The predicted octanol–water partition coefficient (Wildman–Crippen LogP) is 0.938. The molecule has 0 atom stereocenters. The summed E-state index contributed by atoms with van der Waals surface area (Å²) in [6.45, 7) is 4.72. The van der Waals surface area contributed by atoms with Crippen LogP contribution in [0.4, 0.5) is 5.69 Å². The van der Waals surface area contributed by atoms with E-state index in [1.165, 1.54) is 0 Å². The molecule has 0 aliphatic heterocycles. The molecular weight excluding hydrogens is 190 g/mol. The minimum atomic E-state index is 0.0353. The van der Waals surface area contributed by atoms with Crippen LogP contribution in [0, 0.1) is 11.3 Å². The van der Waals surface area contributed by atoms with Crippen LogP contribution in [0.15, 0.2) is 31.1 Å². The molecular formula is C11H13N3O. The number of aromatic nitrogens is 1. The van der Waals surface area contributed by atoms with Gasteiger partial charge in [0.15, 0.2) is 0 Å². The number of hydrogen-bond donors (Lipinski definition) is 1. The minimum absolute atomic E-state index is 0.0353. The molecule has 78 valence electrons. The summed E-state index contributed by atoms with van der Waals surface area (Å²) in [6, 6.07) is 3.75. The van der Waals surface area contributed by atoms with Crippen molar-refractivity contribution in [2.75, 3.05) is 24.6 Å². The van der Waals surface area contributed by atoms with Crippen LogP contribution in [-0.2, 0) is 0 Å². The fourth-order valence-corrected chi connectivity index (χ4v) is 1.32. The van der Waals surface area contributed by atoms with Gasteiger partial charge in [-0.25, -0.2) is 0 Å². The van der Waals surface area contributed by atoms with Gasteiger partial charge in [-0.3, -0.25) is 4.98 Å². The van der Waals surface area contributed by atoms with Gasteiger partial charge in [-0.15, -0.1) is 6.58 Å². The lowest BCUT2D eigenvalue weighted by molar-refractivity contribution is 0.303. The van der Waals surface area contributed by atoms with Crippen molar-refractivity contribution in [3.8, 4) is 6.07 Å². The Labute approximate surface area is 89.1 Å². The number of pyridine rings is 1. The van der Waals surface area contributed by atoms with Crippen molar-refractivity contribution in [2.45, 2.75) is 0 Å². The molecule has 1 aromatic heterocycles. The van der Waals surface area contributed by atoms with Crippen molar-refractivity contribution in [1.82, 2.24) is 4.98 Å². The summed E-state index contributed by atoms with van der Waals surface area (Å²) >= 11 is 0. The summed E-state index contributed by atoms with van der Waals surface area (Å²) in [5.41, 5.74) is 1.29. The van der Waals surface area contributed by atoms with Crippen molar-refractivity contribution >= 4 is 5.69 Å². The normalized spacial score (nSPS) is 9.33. The predicted molar refractivity (Wildman–Crippen MR) is 58.4 cm³/mol. The molecule has 1 rings (SSSR count). The van der Waals surface area contributed by atoms with E-state index < -0.39 is 0 Å². The number of aliphatic hydroxyl groups excluding tert-OH is 1. The van der Waals surface area contributed by atoms with Gasteiger partial charge in [-0.2, -0.15) is 5.26 Å². The molecule has 0 unspecified atom stereocenters. The van der Waals surface area contributed by atoms with Gasteiger partial charge in [0.2, 0.25) is 0 Å². The Bertz CT molecular complexity index is 370. The van der Waals surface area contributed by atoms with Gasteiger partial charge in [0, 0.05) is 19.3 Å². The molecule has 15 heavy (non-hydrogen) atoms. The van der Waals surface area contributed by atoms with Crippen molar-refractivity contribution in [2.24, 2.45) is 0 Å². The first-order valence-electron chi connectivity index (χ1n) is 4.64. The fourth-order valence-electron chi connectivity index (χ4n) is 1.32. The van der Waals surface area contributed by atoms with Gasteiger partial charge < -0.3 is 10.0 Å². The third-order valence-corrected chi connectivity index (χ3v) is 1.98. The molecule has 0 saturated carbocycles. The summed E-state index contributed by atoms with van der Waals surface area (Å²) < 4.78 is 0. The molecule has 0 saturated heterocycles. The highest BCUT2D eigenvalue weighted by atomic mass is 16.3. The number of anilines is 1. The van der Waals surface area contributed by atoms with Crippen molar-refractivity contribution < 1.29 is 5.11 Å². The van der Waals surface area contributed by atoms with Gasteiger partial charge in [0.25, 0.3) is 0 Å². The average Bonchev–Trinajstić information content (AvgIpc) is 2.29. The highest BCUT2D eigenvalue weighted by Gasteiger charge is 2.08. The van der Waals surface area contributed by atoms with E-state index in [4.69, 9.17) is 10.4 Å². The number of nitriles is 1. The Balaban J connectivity index is 2.99. The number of rotatable bonds is 5. The van der Waals surface area contributed by atoms with E-state index in [0.29, 0.717) is 18.7 Å². The Kier molecular flexibility index (Phi) is 4.32. The maximum Gasteiger partial charge on any atom is 0.101 e. The zero-order chi connectivity index (χ0) is 11.1. The summed E-state index contributed by atoms with van der Waals surface area (Å²) in [7, 11) is 0. The maximum atomic E-state index is 8.91. The fraction of sp³-hybridized carbons (Fsp3) is 0.273. The summed E-state index contributed by atoms with van der Waals surface area (Å²) in [4.78, 5) is 5.83.